The summed E-state index contributed by atoms with van der Waals surface area (Å²) in [4.78, 5) is 0. The highest BCUT2D eigenvalue weighted by Gasteiger charge is 2.53. The van der Waals surface area contributed by atoms with Crippen LogP contribution in [-0.2, 0) is 20.1 Å². The lowest BCUT2D eigenvalue weighted by atomic mass is 9.72. The largest absolute Gasteiger partial charge is 0.495 e. The Kier molecular flexibility index (Phi) is 5.54. The minimum absolute atomic E-state index is 0.147. The molecule has 3 heteroatoms. The van der Waals surface area contributed by atoms with E-state index < -0.39 is 18.3 Å². The van der Waals surface area contributed by atoms with E-state index in [0.29, 0.717) is 0 Å². The number of fused-ring (bicyclic) bond motifs is 14. The zero-order chi connectivity index (χ0) is 33.8. The molecular weight excluding hydrogens is 595 g/mol. The summed E-state index contributed by atoms with van der Waals surface area (Å²) in [6.45, 7) is 18.2. The smallest absolute Gasteiger partial charge is 0.399 e. The van der Waals surface area contributed by atoms with Crippen molar-refractivity contribution in [2.75, 3.05) is 0 Å². The highest BCUT2D eigenvalue weighted by molar-refractivity contribution is 6.65. The van der Waals surface area contributed by atoms with Gasteiger partial charge in [0.05, 0.1) is 11.2 Å². The second-order valence-electron chi connectivity index (χ2n) is 16.8. The first-order valence-corrected chi connectivity index (χ1v) is 17.8. The number of rotatable bonds is 1. The van der Waals surface area contributed by atoms with Crippen molar-refractivity contribution in [1.82, 2.24) is 0 Å². The highest BCUT2D eigenvalue weighted by Crippen LogP contribution is 2.58. The summed E-state index contributed by atoms with van der Waals surface area (Å²) < 4.78 is 13.3. The van der Waals surface area contributed by atoms with E-state index >= 15 is 0 Å². The van der Waals surface area contributed by atoms with E-state index in [1.54, 1.807) is 0 Å². The van der Waals surface area contributed by atoms with Crippen molar-refractivity contribution < 1.29 is 9.31 Å². The molecule has 0 unspecified atom stereocenters. The highest BCUT2D eigenvalue weighted by atomic mass is 16.7. The van der Waals surface area contributed by atoms with Gasteiger partial charge in [-0.25, -0.2) is 0 Å². The van der Waals surface area contributed by atoms with Crippen LogP contribution in [0, 0.1) is 0 Å². The summed E-state index contributed by atoms with van der Waals surface area (Å²) in [6.07, 6.45) is 0. The Morgan fingerprint density at radius 2 is 0.796 bits per heavy atom. The minimum atomic E-state index is -0.422. The molecule has 0 saturated carbocycles. The molecule has 1 aliphatic heterocycles. The van der Waals surface area contributed by atoms with Crippen molar-refractivity contribution in [2.45, 2.75) is 77.4 Å². The maximum Gasteiger partial charge on any atom is 0.495 e. The molecule has 2 aliphatic carbocycles. The molecule has 49 heavy (non-hydrogen) atoms. The molecular formula is C46H41BO2. The van der Waals surface area contributed by atoms with Crippen LogP contribution in [0.25, 0.3) is 65.3 Å². The lowest BCUT2D eigenvalue weighted by molar-refractivity contribution is 0.00578. The molecule has 10 rings (SSSR count). The summed E-state index contributed by atoms with van der Waals surface area (Å²) in [7, 11) is -0.422. The zero-order valence-corrected chi connectivity index (χ0v) is 29.7. The molecule has 0 aromatic heterocycles. The van der Waals surface area contributed by atoms with Gasteiger partial charge >= 0.3 is 7.12 Å². The molecule has 240 valence electrons. The van der Waals surface area contributed by atoms with E-state index in [1.165, 1.54) is 87.6 Å². The Balaban J connectivity index is 1.22. The quantitative estimate of drug-likeness (QED) is 0.132. The average Bonchev–Trinajstić information content (AvgIpc) is 3.55. The number of hydrogen-bond acceptors (Lipinski definition) is 2. The molecule has 0 atom stereocenters. The first kappa shape index (κ1) is 29.5. The fourth-order valence-electron chi connectivity index (χ4n) is 9.40. The summed E-state index contributed by atoms with van der Waals surface area (Å²) in [5.74, 6) is 0. The van der Waals surface area contributed by atoms with Crippen LogP contribution in [0.15, 0.2) is 103 Å². The van der Waals surface area contributed by atoms with Crippen LogP contribution in [0.1, 0.15) is 77.6 Å². The Morgan fingerprint density at radius 3 is 1.39 bits per heavy atom. The van der Waals surface area contributed by atoms with Gasteiger partial charge in [0.1, 0.15) is 0 Å². The van der Waals surface area contributed by atoms with Gasteiger partial charge in [-0.05, 0) is 145 Å². The maximum absolute atomic E-state index is 6.66. The van der Waals surface area contributed by atoms with E-state index in [0.717, 1.165) is 5.46 Å². The summed E-state index contributed by atoms with van der Waals surface area (Å²) in [6, 6.07) is 39.2. The van der Waals surface area contributed by atoms with Crippen molar-refractivity contribution in [1.29, 1.82) is 0 Å². The van der Waals surface area contributed by atoms with Gasteiger partial charge in [-0.1, -0.05) is 107 Å². The fourth-order valence-corrected chi connectivity index (χ4v) is 9.40. The molecule has 7 aromatic rings. The van der Waals surface area contributed by atoms with Crippen molar-refractivity contribution in [3.63, 3.8) is 0 Å². The van der Waals surface area contributed by atoms with Gasteiger partial charge in [-0.2, -0.15) is 0 Å². The van der Waals surface area contributed by atoms with Crippen molar-refractivity contribution >= 4 is 55.7 Å². The molecule has 0 radical (unpaired) electrons. The lowest BCUT2D eigenvalue weighted by Gasteiger charge is -2.32. The third-order valence-corrected chi connectivity index (χ3v) is 12.9. The number of hydrogen-bond donors (Lipinski definition) is 0. The van der Waals surface area contributed by atoms with E-state index in [1.807, 2.05) is 0 Å². The predicted molar refractivity (Wildman–Crippen MR) is 207 cm³/mol. The van der Waals surface area contributed by atoms with Crippen LogP contribution in [-0.4, -0.2) is 18.3 Å². The molecule has 2 nitrogen and oxygen atoms in total. The van der Waals surface area contributed by atoms with Gasteiger partial charge in [-0.15, -0.1) is 0 Å². The molecule has 1 fully saturated rings. The lowest BCUT2D eigenvalue weighted by Crippen LogP contribution is -2.41. The van der Waals surface area contributed by atoms with Gasteiger partial charge in [0.2, 0.25) is 0 Å². The Hall–Kier alpha value is -4.44. The van der Waals surface area contributed by atoms with E-state index in [2.05, 4.69) is 159 Å². The maximum atomic E-state index is 6.66. The first-order valence-electron chi connectivity index (χ1n) is 17.8. The molecule has 1 saturated heterocycles. The summed E-state index contributed by atoms with van der Waals surface area (Å²) in [5.41, 5.74) is 11.0. The number of benzene rings is 7. The Bertz CT molecular complexity index is 2610. The first-order chi connectivity index (χ1) is 23.3. The van der Waals surface area contributed by atoms with Gasteiger partial charge in [0.15, 0.2) is 0 Å². The van der Waals surface area contributed by atoms with Gasteiger partial charge in [0, 0.05) is 10.8 Å². The van der Waals surface area contributed by atoms with Crippen LogP contribution in [0.2, 0.25) is 0 Å². The van der Waals surface area contributed by atoms with Gasteiger partial charge in [0.25, 0.3) is 0 Å². The van der Waals surface area contributed by atoms with Crippen LogP contribution < -0.4 is 5.46 Å². The second-order valence-corrected chi connectivity index (χ2v) is 16.8. The SMILES string of the molecule is CC1(C)c2cc3c(cc2-c2cc4c5ccccc5c5ccccc5c4cc21)C(C)(C)c1cc(B2OC(C)(C)C(C)(C)O2)c2ccccc2c1-3. The second kappa shape index (κ2) is 9.21. The van der Waals surface area contributed by atoms with Crippen LogP contribution in [0.4, 0.5) is 0 Å². The molecule has 1 heterocycles. The topological polar surface area (TPSA) is 18.5 Å². The molecule has 0 spiro atoms. The van der Waals surface area contributed by atoms with E-state index in [-0.39, 0.29) is 10.8 Å². The monoisotopic (exact) mass is 636 g/mol. The molecule has 7 aromatic carbocycles. The Morgan fingerprint density at radius 1 is 0.388 bits per heavy atom. The summed E-state index contributed by atoms with van der Waals surface area (Å²) in [5, 5.41) is 10.4. The van der Waals surface area contributed by atoms with Crippen molar-refractivity contribution in [3.05, 3.63) is 125 Å². The van der Waals surface area contributed by atoms with Crippen LogP contribution in [0.3, 0.4) is 0 Å². The average molecular weight is 637 g/mol. The molecule has 0 N–H and O–H groups in total. The van der Waals surface area contributed by atoms with E-state index in [4.69, 9.17) is 9.31 Å². The van der Waals surface area contributed by atoms with Crippen LogP contribution >= 0.6 is 0 Å². The standard InChI is InChI=1S/C46H41BO2/c1-43(2)37-22-33-29-18-12-10-16-27(29)26-15-9-11-17-28(26)32(33)21-34(37)35-23-39-36(24-38(35)43)42-31-20-14-13-19-30(31)41(25-40(42)44(39,3)4)47-48-45(5,6)46(7,8)49-47/h9-25H,1-8H3. The van der Waals surface area contributed by atoms with Crippen LogP contribution in [0.5, 0.6) is 0 Å². The molecule has 0 amide bonds. The third kappa shape index (κ3) is 3.65. The minimum Gasteiger partial charge on any atom is -0.399 e. The van der Waals surface area contributed by atoms with E-state index in [9.17, 15) is 0 Å². The van der Waals surface area contributed by atoms with Gasteiger partial charge < -0.3 is 9.31 Å². The predicted octanol–water partition coefficient (Wildman–Crippen LogP) is 11.2. The molecule has 0 bridgehead atoms. The molecule has 3 aliphatic rings. The normalized spacial score (nSPS) is 19.1. The zero-order valence-electron chi connectivity index (χ0n) is 29.7. The Labute approximate surface area is 289 Å². The summed E-state index contributed by atoms with van der Waals surface area (Å²) >= 11 is 0. The van der Waals surface area contributed by atoms with Crippen molar-refractivity contribution in [2.24, 2.45) is 0 Å². The van der Waals surface area contributed by atoms with Crippen molar-refractivity contribution in [3.8, 4) is 22.3 Å². The van der Waals surface area contributed by atoms with Gasteiger partial charge in [-0.3, -0.25) is 0 Å². The third-order valence-electron chi connectivity index (χ3n) is 12.9. The fraction of sp³-hybridized carbons (Fsp3) is 0.261.